The Kier molecular flexibility index (Phi) is 0.395. The van der Waals surface area contributed by atoms with Crippen molar-refractivity contribution in [1.29, 1.82) is 0 Å². The van der Waals surface area contributed by atoms with Crippen LogP contribution >= 0.6 is 0 Å². The van der Waals surface area contributed by atoms with E-state index in [1.807, 2.05) is 0 Å². The summed E-state index contributed by atoms with van der Waals surface area (Å²) in [6, 6.07) is 0. The van der Waals surface area contributed by atoms with Crippen molar-refractivity contribution in [2.45, 2.75) is 19.3 Å². The molecule has 6 unspecified atom stereocenters. The highest BCUT2D eigenvalue weighted by Gasteiger charge is 2.76. The minimum atomic E-state index is 1.23. The van der Waals surface area contributed by atoms with Crippen LogP contribution in [0.15, 0.2) is 0 Å². The molecule has 4 rings (SSSR count). The lowest BCUT2D eigenvalue weighted by molar-refractivity contribution is -0.0457. The van der Waals surface area contributed by atoms with E-state index in [0.717, 1.165) is 0 Å². The molecule has 4 aliphatic carbocycles. The van der Waals surface area contributed by atoms with Gasteiger partial charge in [0.15, 0.2) is 0 Å². The van der Waals surface area contributed by atoms with Crippen LogP contribution in [0.3, 0.4) is 0 Å². The molecule has 0 amide bonds. The van der Waals surface area contributed by atoms with E-state index >= 15 is 0 Å². The first-order chi connectivity index (χ1) is 4.47. The third-order valence-corrected chi connectivity index (χ3v) is 4.72. The Balaban J connectivity index is 1.88. The molecule has 0 saturated heterocycles. The summed E-state index contributed by atoms with van der Waals surface area (Å²) in [6.45, 7) is 0. The molecular formula is C9H12. The van der Waals surface area contributed by atoms with E-state index in [-0.39, 0.29) is 0 Å². The first kappa shape index (κ1) is 4.00. The van der Waals surface area contributed by atoms with Crippen molar-refractivity contribution >= 4 is 0 Å². The topological polar surface area (TPSA) is 0 Å². The van der Waals surface area contributed by atoms with Gasteiger partial charge in [0.05, 0.1) is 0 Å². The highest BCUT2D eigenvalue weighted by Crippen LogP contribution is 2.81. The van der Waals surface area contributed by atoms with Crippen LogP contribution in [-0.4, -0.2) is 0 Å². The molecule has 0 aromatic rings. The molecule has 0 bridgehead atoms. The maximum absolute atomic E-state index is 1.64. The Hall–Kier alpha value is 0. The van der Waals surface area contributed by atoms with Crippen molar-refractivity contribution in [3.8, 4) is 0 Å². The van der Waals surface area contributed by atoms with Crippen LogP contribution < -0.4 is 0 Å². The fourth-order valence-electron chi connectivity index (χ4n) is 4.36. The normalized spacial score (nSPS) is 80.0. The summed E-state index contributed by atoms with van der Waals surface area (Å²) in [7, 11) is 0. The van der Waals surface area contributed by atoms with Gasteiger partial charge in [-0.1, -0.05) is 0 Å². The Morgan fingerprint density at radius 1 is 0.778 bits per heavy atom. The molecule has 4 fully saturated rings. The van der Waals surface area contributed by atoms with Crippen molar-refractivity contribution in [3.05, 3.63) is 0 Å². The average Bonchev–Trinajstić information content (AvgIpc) is 2.45. The van der Waals surface area contributed by atoms with Gasteiger partial charge in [-0.05, 0) is 54.8 Å². The number of rotatable bonds is 0. The minimum absolute atomic E-state index is 1.23. The van der Waals surface area contributed by atoms with Gasteiger partial charge < -0.3 is 0 Å². The van der Waals surface area contributed by atoms with Gasteiger partial charge in [-0.15, -0.1) is 0 Å². The van der Waals surface area contributed by atoms with E-state index in [4.69, 9.17) is 0 Å². The molecule has 48 valence electrons. The van der Waals surface area contributed by atoms with Crippen LogP contribution in [0.25, 0.3) is 0 Å². The summed E-state index contributed by atoms with van der Waals surface area (Å²) in [5.41, 5.74) is 0. The predicted octanol–water partition coefficient (Wildman–Crippen LogP) is 1.91. The van der Waals surface area contributed by atoms with E-state index in [2.05, 4.69) is 0 Å². The summed E-state index contributed by atoms with van der Waals surface area (Å²) < 4.78 is 0. The third kappa shape index (κ3) is 0.235. The smallest absolute Gasteiger partial charge is 0.0315 e. The molecule has 6 atom stereocenters. The van der Waals surface area contributed by atoms with E-state index in [0.29, 0.717) is 0 Å². The van der Waals surface area contributed by atoms with Gasteiger partial charge in [-0.3, -0.25) is 0 Å². The van der Waals surface area contributed by atoms with Crippen molar-refractivity contribution in [2.75, 3.05) is 0 Å². The Labute approximate surface area is 55.6 Å². The third-order valence-electron chi connectivity index (χ3n) is 4.72. The van der Waals surface area contributed by atoms with Crippen molar-refractivity contribution < 1.29 is 0 Å². The van der Waals surface area contributed by atoms with Crippen molar-refractivity contribution in [2.24, 2.45) is 35.5 Å². The van der Waals surface area contributed by atoms with E-state index in [1.165, 1.54) is 35.5 Å². The lowest BCUT2D eigenvalue weighted by atomic mass is 9.52. The van der Waals surface area contributed by atoms with Crippen molar-refractivity contribution in [3.63, 3.8) is 0 Å². The van der Waals surface area contributed by atoms with Gasteiger partial charge in [0.1, 0.15) is 0 Å². The molecule has 0 spiro atoms. The fraction of sp³-hybridized carbons (Fsp3) is 1.00. The van der Waals surface area contributed by atoms with Crippen LogP contribution in [0.4, 0.5) is 0 Å². The first-order valence-electron chi connectivity index (χ1n) is 4.47. The zero-order valence-electron chi connectivity index (χ0n) is 5.59. The molecular weight excluding hydrogens is 108 g/mol. The zero-order chi connectivity index (χ0) is 5.59. The average molecular weight is 120 g/mol. The second-order valence-electron chi connectivity index (χ2n) is 4.63. The maximum Gasteiger partial charge on any atom is -0.0315 e. The lowest BCUT2D eigenvalue weighted by Gasteiger charge is -2.53. The molecule has 0 heterocycles. The largest absolute Gasteiger partial charge is 0.0499 e. The van der Waals surface area contributed by atoms with E-state index < -0.39 is 0 Å². The lowest BCUT2D eigenvalue weighted by Crippen LogP contribution is -2.47. The SMILES string of the molecule is C1CC2C3C4CC1C4C23. The van der Waals surface area contributed by atoms with Gasteiger partial charge in [-0.25, -0.2) is 0 Å². The van der Waals surface area contributed by atoms with Gasteiger partial charge in [0.2, 0.25) is 0 Å². The summed E-state index contributed by atoms with van der Waals surface area (Å²) >= 11 is 0. The molecule has 0 aliphatic heterocycles. The first-order valence-corrected chi connectivity index (χ1v) is 4.47. The monoisotopic (exact) mass is 120 g/mol. The summed E-state index contributed by atoms with van der Waals surface area (Å²) in [5, 5.41) is 0. The van der Waals surface area contributed by atoms with E-state index in [1.54, 1.807) is 19.3 Å². The van der Waals surface area contributed by atoms with Crippen LogP contribution in [0.5, 0.6) is 0 Å². The van der Waals surface area contributed by atoms with Gasteiger partial charge in [0.25, 0.3) is 0 Å². The van der Waals surface area contributed by atoms with Crippen LogP contribution in [0.1, 0.15) is 19.3 Å². The quantitative estimate of drug-likeness (QED) is 0.458. The second kappa shape index (κ2) is 0.889. The van der Waals surface area contributed by atoms with Crippen molar-refractivity contribution in [1.82, 2.24) is 0 Å². The van der Waals surface area contributed by atoms with Crippen LogP contribution in [-0.2, 0) is 0 Å². The molecule has 0 radical (unpaired) electrons. The molecule has 9 heavy (non-hydrogen) atoms. The summed E-state index contributed by atoms with van der Waals surface area (Å²) in [4.78, 5) is 0. The second-order valence-corrected chi connectivity index (χ2v) is 4.63. The molecule has 0 aromatic carbocycles. The number of hydrogen-bond donors (Lipinski definition) is 0. The zero-order valence-corrected chi connectivity index (χ0v) is 5.59. The molecule has 0 nitrogen and oxygen atoms in total. The van der Waals surface area contributed by atoms with E-state index in [9.17, 15) is 0 Å². The van der Waals surface area contributed by atoms with Crippen LogP contribution in [0.2, 0.25) is 0 Å². The maximum atomic E-state index is 1.64. The van der Waals surface area contributed by atoms with Gasteiger partial charge >= 0.3 is 0 Å². The summed E-state index contributed by atoms with van der Waals surface area (Å²) in [5.74, 6) is 7.63. The minimum Gasteiger partial charge on any atom is -0.0499 e. The highest BCUT2D eigenvalue weighted by atomic mass is 14.8. The number of fused-ring (bicyclic) bond motifs is 2. The summed E-state index contributed by atoms with van der Waals surface area (Å²) in [6.07, 6.45) is 4.87. The molecule has 0 N–H and O–H groups in total. The Bertz CT molecular complexity index is 152. The molecule has 0 aromatic heterocycles. The Morgan fingerprint density at radius 2 is 1.78 bits per heavy atom. The van der Waals surface area contributed by atoms with Gasteiger partial charge in [-0.2, -0.15) is 0 Å². The number of hydrogen-bond acceptors (Lipinski definition) is 0. The fourth-order valence-corrected chi connectivity index (χ4v) is 4.36. The molecule has 4 saturated carbocycles. The highest BCUT2D eigenvalue weighted by molar-refractivity contribution is 5.24. The van der Waals surface area contributed by atoms with Crippen LogP contribution in [0, 0.1) is 35.5 Å². The molecule has 4 aliphatic rings. The Morgan fingerprint density at radius 3 is 2.67 bits per heavy atom. The standard InChI is InChI=1S/C9H12/c1-2-5-8-6-3-4(1)7(6)9(5)8/h4-9H,1-3H2. The molecule has 0 heteroatoms. The van der Waals surface area contributed by atoms with Gasteiger partial charge in [0, 0.05) is 0 Å². The predicted molar refractivity (Wildman–Crippen MR) is 34.8 cm³/mol.